The Hall–Kier alpha value is -7.54. The molecule has 1 aliphatic heterocycles. The molecule has 1 aliphatic rings. The van der Waals surface area contributed by atoms with E-state index in [1.54, 1.807) is 6.07 Å². The lowest BCUT2D eigenvalue weighted by atomic mass is 9.96. The molecule has 0 radical (unpaired) electrons. The Morgan fingerprint density at radius 1 is 0.574 bits per heavy atom. The van der Waals surface area contributed by atoms with Crippen molar-refractivity contribution in [1.82, 2.24) is 4.57 Å². The minimum Gasteiger partial charge on any atom is -0.307 e. The number of aromatic nitrogens is 1. The van der Waals surface area contributed by atoms with E-state index in [1.807, 2.05) is 129 Å². The van der Waals surface area contributed by atoms with Crippen LogP contribution in [0.1, 0.15) is 37.4 Å². The molecule has 0 unspecified atom stereocenters. The third kappa shape index (κ3) is 4.93. The fourth-order valence-corrected chi connectivity index (χ4v) is 7.97. The van der Waals surface area contributed by atoms with Gasteiger partial charge in [0.25, 0.3) is 11.8 Å². The Bertz CT molecular complexity index is 2840. The number of carbonyl (C=O) groups is 2. The van der Waals surface area contributed by atoms with Crippen LogP contribution in [0, 0.1) is 31.8 Å². The standard InChI is InChI=1S/C48H30N4O2/c1-29-26-31(28-49)18-24-36(29)38-12-7-14-40-41-15-8-13-39(37-25-21-34(50-3)27-30(37)2)46(41)52(45(38)40)43-17-9-16-42-44(43)48(54)51(47(42)53)35-22-19-33(20-23-35)32-10-5-4-6-11-32/h4-27H,1-2H3. The van der Waals surface area contributed by atoms with Gasteiger partial charge >= 0.3 is 0 Å². The molecule has 254 valence electrons. The van der Waals surface area contributed by atoms with E-state index in [-0.39, 0.29) is 5.91 Å². The molecule has 1 aromatic heterocycles. The summed E-state index contributed by atoms with van der Waals surface area (Å²) in [6, 6.07) is 49.0. The molecule has 54 heavy (non-hydrogen) atoms. The summed E-state index contributed by atoms with van der Waals surface area (Å²) in [5, 5.41) is 11.6. The van der Waals surface area contributed by atoms with E-state index in [4.69, 9.17) is 6.57 Å². The first-order valence-corrected chi connectivity index (χ1v) is 17.6. The zero-order valence-electron chi connectivity index (χ0n) is 29.5. The molecular weight excluding hydrogens is 665 g/mol. The Morgan fingerprint density at radius 2 is 1.17 bits per heavy atom. The predicted molar refractivity (Wildman–Crippen MR) is 215 cm³/mol. The van der Waals surface area contributed by atoms with Crippen molar-refractivity contribution in [3.8, 4) is 45.1 Å². The van der Waals surface area contributed by atoms with E-state index in [0.29, 0.717) is 33.8 Å². The van der Waals surface area contributed by atoms with Crippen molar-refractivity contribution < 1.29 is 9.59 Å². The normalized spacial score (nSPS) is 12.3. The van der Waals surface area contributed by atoms with Gasteiger partial charge in [0, 0.05) is 21.9 Å². The van der Waals surface area contributed by atoms with Crippen molar-refractivity contribution in [3.63, 3.8) is 0 Å². The molecule has 2 amide bonds. The topological polar surface area (TPSA) is 70.5 Å². The number of rotatable bonds is 5. The maximum absolute atomic E-state index is 14.7. The molecule has 0 saturated heterocycles. The molecule has 8 aromatic rings. The van der Waals surface area contributed by atoms with Gasteiger partial charge in [0.15, 0.2) is 5.69 Å². The zero-order chi connectivity index (χ0) is 37.1. The van der Waals surface area contributed by atoms with Gasteiger partial charge in [0.05, 0.1) is 51.7 Å². The number of amides is 2. The van der Waals surface area contributed by atoms with Crippen LogP contribution in [0.15, 0.2) is 146 Å². The van der Waals surface area contributed by atoms with Crippen molar-refractivity contribution in [2.24, 2.45) is 0 Å². The molecule has 0 atom stereocenters. The zero-order valence-corrected chi connectivity index (χ0v) is 29.5. The average molecular weight is 695 g/mol. The molecule has 0 fully saturated rings. The van der Waals surface area contributed by atoms with Gasteiger partial charge in [-0.25, -0.2) is 9.74 Å². The highest BCUT2D eigenvalue weighted by Gasteiger charge is 2.39. The molecule has 2 heterocycles. The van der Waals surface area contributed by atoms with E-state index in [9.17, 15) is 14.9 Å². The lowest BCUT2D eigenvalue weighted by Crippen LogP contribution is -2.29. The first-order valence-electron chi connectivity index (χ1n) is 17.6. The van der Waals surface area contributed by atoms with Crippen LogP contribution in [0.3, 0.4) is 0 Å². The van der Waals surface area contributed by atoms with Crippen LogP contribution in [0.2, 0.25) is 0 Å². The smallest absolute Gasteiger partial charge is 0.268 e. The van der Waals surface area contributed by atoms with E-state index >= 15 is 0 Å². The summed E-state index contributed by atoms with van der Waals surface area (Å²) in [5.41, 5.74) is 12.4. The lowest BCUT2D eigenvalue weighted by Gasteiger charge is -2.18. The highest BCUT2D eigenvalue weighted by Crippen LogP contribution is 2.45. The number of nitrogens with zero attached hydrogens (tertiary/aromatic N) is 4. The minimum atomic E-state index is -0.393. The first-order chi connectivity index (χ1) is 26.4. The lowest BCUT2D eigenvalue weighted by molar-refractivity contribution is 0.0926. The third-order valence-electron chi connectivity index (χ3n) is 10.5. The Balaban J connectivity index is 1.32. The molecule has 7 aromatic carbocycles. The van der Waals surface area contributed by atoms with Crippen LogP contribution >= 0.6 is 0 Å². The summed E-state index contributed by atoms with van der Waals surface area (Å²) >= 11 is 0. The number of fused-ring (bicyclic) bond motifs is 4. The highest BCUT2D eigenvalue weighted by atomic mass is 16.2. The highest BCUT2D eigenvalue weighted by molar-refractivity contribution is 6.36. The van der Waals surface area contributed by atoms with Gasteiger partial charge in [0.2, 0.25) is 0 Å². The quantitative estimate of drug-likeness (QED) is 0.133. The predicted octanol–water partition coefficient (Wildman–Crippen LogP) is 11.6. The molecule has 0 bridgehead atoms. The summed E-state index contributed by atoms with van der Waals surface area (Å²) in [6.07, 6.45) is 0. The summed E-state index contributed by atoms with van der Waals surface area (Å²) in [6.45, 7) is 11.6. The number of para-hydroxylation sites is 2. The van der Waals surface area contributed by atoms with Crippen LogP contribution in [0.4, 0.5) is 11.4 Å². The first kappa shape index (κ1) is 32.4. The van der Waals surface area contributed by atoms with E-state index in [2.05, 4.69) is 39.7 Å². The Kier molecular flexibility index (Phi) is 7.55. The molecule has 0 saturated carbocycles. The summed E-state index contributed by atoms with van der Waals surface area (Å²) in [4.78, 5) is 33.9. The number of aryl methyl sites for hydroxylation is 2. The third-order valence-corrected chi connectivity index (χ3v) is 10.5. The van der Waals surface area contributed by atoms with Crippen LogP contribution in [-0.2, 0) is 0 Å². The fourth-order valence-electron chi connectivity index (χ4n) is 7.97. The number of nitriles is 1. The molecule has 0 aliphatic carbocycles. The Morgan fingerprint density at radius 3 is 1.78 bits per heavy atom. The Labute approximate surface area is 312 Å². The van der Waals surface area contributed by atoms with E-state index in [1.165, 1.54) is 4.90 Å². The molecule has 0 N–H and O–H groups in total. The fraction of sp³-hybridized carbons (Fsp3) is 0.0417. The summed E-state index contributed by atoms with van der Waals surface area (Å²) in [5.74, 6) is -0.769. The number of hydrogen-bond donors (Lipinski definition) is 0. The number of carbonyl (C=O) groups excluding carboxylic acids is 2. The van der Waals surface area contributed by atoms with Crippen LogP contribution in [-0.4, -0.2) is 16.4 Å². The van der Waals surface area contributed by atoms with Gasteiger partial charge in [-0.1, -0.05) is 115 Å². The molecule has 6 nitrogen and oxygen atoms in total. The monoisotopic (exact) mass is 694 g/mol. The van der Waals surface area contributed by atoms with E-state index < -0.39 is 5.91 Å². The minimum absolute atomic E-state index is 0.328. The van der Waals surface area contributed by atoms with Crippen molar-refractivity contribution in [2.75, 3.05) is 4.90 Å². The summed E-state index contributed by atoms with van der Waals surface area (Å²) in [7, 11) is 0. The molecule has 0 spiro atoms. The van der Waals surface area contributed by atoms with E-state index in [0.717, 1.165) is 66.3 Å². The van der Waals surface area contributed by atoms with Gasteiger partial charge in [-0.2, -0.15) is 5.26 Å². The average Bonchev–Trinajstić information content (AvgIpc) is 3.69. The molecule has 6 heteroatoms. The van der Waals surface area contributed by atoms with Gasteiger partial charge < -0.3 is 4.57 Å². The van der Waals surface area contributed by atoms with Crippen molar-refractivity contribution in [2.45, 2.75) is 13.8 Å². The van der Waals surface area contributed by atoms with Crippen LogP contribution in [0.5, 0.6) is 0 Å². The van der Waals surface area contributed by atoms with Gasteiger partial charge in [-0.05, 0) is 78.1 Å². The summed E-state index contributed by atoms with van der Waals surface area (Å²) < 4.78 is 2.14. The second kappa shape index (κ2) is 12.6. The second-order valence-electron chi connectivity index (χ2n) is 13.5. The maximum atomic E-state index is 14.7. The van der Waals surface area contributed by atoms with Crippen molar-refractivity contribution in [1.29, 1.82) is 5.26 Å². The van der Waals surface area contributed by atoms with Crippen molar-refractivity contribution >= 4 is 45.0 Å². The molecular formula is C48H30N4O2. The largest absolute Gasteiger partial charge is 0.307 e. The van der Waals surface area contributed by atoms with Crippen molar-refractivity contribution in [3.05, 3.63) is 185 Å². The van der Waals surface area contributed by atoms with Crippen LogP contribution in [0.25, 0.3) is 65.7 Å². The van der Waals surface area contributed by atoms with Gasteiger partial charge in [-0.3, -0.25) is 9.59 Å². The molecule has 9 rings (SSSR count). The SMILES string of the molecule is [C-]#[N+]c1ccc(-c2cccc3c4cccc(-c5ccc(C#N)cc5C)c4n(-c4cccc5c4C(=O)N(c4ccc(-c6ccccc6)cc4)C5=O)c23)c(C)c1. The maximum Gasteiger partial charge on any atom is 0.268 e. The van der Waals surface area contributed by atoms with Gasteiger partial charge in [0.1, 0.15) is 0 Å². The number of benzene rings is 7. The van der Waals surface area contributed by atoms with Crippen LogP contribution < -0.4 is 4.90 Å². The number of hydrogen-bond acceptors (Lipinski definition) is 3. The second-order valence-corrected chi connectivity index (χ2v) is 13.5. The van der Waals surface area contributed by atoms with Gasteiger partial charge in [-0.15, -0.1) is 0 Å². The number of anilines is 1. The number of imide groups is 1.